The van der Waals surface area contributed by atoms with Crippen LogP contribution in [0.3, 0.4) is 0 Å². The summed E-state index contributed by atoms with van der Waals surface area (Å²) in [6, 6.07) is 4.10. The normalized spacial score (nSPS) is 16.1. The highest BCUT2D eigenvalue weighted by Crippen LogP contribution is 2.26. The molecule has 7 nitrogen and oxygen atoms in total. The van der Waals surface area contributed by atoms with Gasteiger partial charge in [0.2, 0.25) is 15.9 Å². The maximum Gasteiger partial charge on any atom is 0.223 e. The van der Waals surface area contributed by atoms with Crippen LogP contribution in [0.15, 0.2) is 36.9 Å². The van der Waals surface area contributed by atoms with Gasteiger partial charge in [-0.1, -0.05) is 17.7 Å². The van der Waals surface area contributed by atoms with Gasteiger partial charge in [0.05, 0.1) is 12.1 Å². The molecular formula is C19H24ClFN4O3S. The quantitative estimate of drug-likeness (QED) is 0.636. The lowest BCUT2D eigenvalue weighted by Gasteiger charge is -2.30. The van der Waals surface area contributed by atoms with Crippen molar-refractivity contribution in [2.24, 2.45) is 5.92 Å². The van der Waals surface area contributed by atoms with Crippen molar-refractivity contribution < 1.29 is 17.6 Å². The minimum absolute atomic E-state index is 0.0214. The molecule has 1 aliphatic rings. The molecule has 158 valence electrons. The third-order valence-electron chi connectivity index (χ3n) is 5.06. The summed E-state index contributed by atoms with van der Waals surface area (Å²) in [7, 11) is -3.71. The minimum Gasteiger partial charge on any atom is -0.356 e. The van der Waals surface area contributed by atoms with Gasteiger partial charge in [0, 0.05) is 55.1 Å². The average Bonchev–Trinajstić information content (AvgIpc) is 3.22. The van der Waals surface area contributed by atoms with Crippen molar-refractivity contribution in [3.05, 3.63) is 53.3 Å². The second-order valence-corrected chi connectivity index (χ2v) is 9.45. The molecule has 29 heavy (non-hydrogen) atoms. The number of piperidine rings is 1. The number of carbonyl (C=O) groups is 1. The number of sulfonamides is 1. The molecule has 1 aromatic heterocycles. The van der Waals surface area contributed by atoms with Crippen molar-refractivity contribution in [3.8, 4) is 0 Å². The maximum atomic E-state index is 13.9. The number of aryl methyl sites for hydroxylation is 1. The van der Waals surface area contributed by atoms with E-state index in [4.69, 9.17) is 11.6 Å². The van der Waals surface area contributed by atoms with Crippen molar-refractivity contribution in [3.63, 3.8) is 0 Å². The summed E-state index contributed by atoms with van der Waals surface area (Å²) < 4.78 is 42.5. The summed E-state index contributed by atoms with van der Waals surface area (Å²) in [5.74, 6) is -1.38. The Balaban J connectivity index is 1.46. The molecular weight excluding hydrogens is 419 g/mol. The van der Waals surface area contributed by atoms with E-state index in [1.807, 2.05) is 10.8 Å². The van der Waals surface area contributed by atoms with Gasteiger partial charge in [0.1, 0.15) is 5.82 Å². The number of benzene rings is 1. The molecule has 0 bridgehead atoms. The van der Waals surface area contributed by atoms with Crippen molar-refractivity contribution in [1.82, 2.24) is 19.2 Å². The zero-order valence-corrected chi connectivity index (χ0v) is 17.5. The molecule has 1 amide bonds. The van der Waals surface area contributed by atoms with Crippen molar-refractivity contribution in [2.45, 2.75) is 31.6 Å². The lowest BCUT2D eigenvalue weighted by molar-refractivity contribution is -0.126. The van der Waals surface area contributed by atoms with Gasteiger partial charge in [0.25, 0.3) is 0 Å². The Morgan fingerprint density at radius 2 is 2.07 bits per heavy atom. The highest BCUT2D eigenvalue weighted by molar-refractivity contribution is 7.88. The second-order valence-electron chi connectivity index (χ2n) is 7.07. The summed E-state index contributed by atoms with van der Waals surface area (Å²) in [5.41, 5.74) is -0.0214. The van der Waals surface area contributed by atoms with E-state index in [0.717, 1.165) is 13.0 Å². The maximum absolute atomic E-state index is 13.9. The van der Waals surface area contributed by atoms with Crippen molar-refractivity contribution in [2.75, 3.05) is 19.6 Å². The standard InChI is InChI=1S/C19H24ClFN4O3S/c20-17-3-1-4-18(21)16(17)13-29(27,28)25-10-5-15(6-11-25)19(26)23-7-2-9-24-12-8-22-14-24/h1,3-4,8,12,14-15H,2,5-7,9-11,13H2,(H,23,26). The fraction of sp³-hybridized carbons (Fsp3) is 0.474. The zero-order chi connectivity index (χ0) is 20.9. The fourth-order valence-corrected chi connectivity index (χ4v) is 5.29. The van der Waals surface area contributed by atoms with Gasteiger partial charge < -0.3 is 9.88 Å². The molecule has 3 rings (SSSR count). The predicted octanol–water partition coefficient (Wildman–Crippen LogP) is 2.42. The highest BCUT2D eigenvalue weighted by Gasteiger charge is 2.32. The number of nitrogens with one attached hydrogen (secondary N) is 1. The molecule has 0 atom stereocenters. The van der Waals surface area contributed by atoms with E-state index in [9.17, 15) is 17.6 Å². The summed E-state index contributed by atoms with van der Waals surface area (Å²) in [5, 5.41) is 3.01. The van der Waals surface area contributed by atoms with Crippen LogP contribution < -0.4 is 5.32 Å². The molecule has 0 radical (unpaired) electrons. The number of hydrogen-bond acceptors (Lipinski definition) is 4. The first kappa shape index (κ1) is 21.7. The molecule has 2 aromatic rings. The first-order valence-electron chi connectivity index (χ1n) is 9.51. The molecule has 1 saturated heterocycles. The number of aromatic nitrogens is 2. The molecule has 0 saturated carbocycles. The van der Waals surface area contributed by atoms with Crippen LogP contribution in [0.4, 0.5) is 4.39 Å². The summed E-state index contributed by atoms with van der Waals surface area (Å²) >= 11 is 5.95. The molecule has 1 aliphatic heterocycles. The van der Waals surface area contributed by atoms with E-state index < -0.39 is 21.6 Å². The Hall–Kier alpha value is -1.97. The number of carbonyl (C=O) groups excluding carboxylic acids is 1. The number of imidazole rings is 1. The van der Waals surface area contributed by atoms with Crippen molar-refractivity contribution >= 4 is 27.5 Å². The number of amides is 1. The molecule has 0 aliphatic carbocycles. The largest absolute Gasteiger partial charge is 0.356 e. The van der Waals surface area contributed by atoms with E-state index >= 15 is 0 Å². The zero-order valence-electron chi connectivity index (χ0n) is 15.9. The Labute approximate surface area is 174 Å². The first-order chi connectivity index (χ1) is 13.9. The average molecular weight is 443 g/mol. The van der Waals surface area contributed by atoms with E-state index in [1.165, 1.54) is 22.5 Å². The smallest absolute Gasteiger partial charge is 0.223 e. The molecule has 2 heterocycles. The summed E-state index contributed by atoms with van der Waals surface area (Å²) in [6.07, 6.45) is 6.98. The molecule has 1 fully saturated rings. The van der Waals surface area contributed by atoms with Gasteiger partial charge in [-0.3, -0.25) is 4.79 Å². The van der Waals surface area contributed by atoms with Crippen LogP contribution in [0.2, 0.25) is 5.02 Å². The lowest BCUT2D eigenvalue weighted by atomic mass is 9.97. The van der Waals surface area contributed by atoms with Crippen LogP contribution >= 0.6 is 11.6 Å². The fourth-order valence-electron chi connectivity index (χ4n) is 3.38. The van der Waals surface area contributed by atoms with Gasteiger partial charge in [-0.25, -0.2) is 22.1 Å². The van der Waals surface area contributed by atoms with Crippen LogP contribution in [0.5, 0.6) is 0 Å². The number of halogens is 2. The number of rotatable bonds is 8. The van der Waals surface area contributed by atoms with E-state index in [1.54, 1.807) is 12.5 Å². The highest BCUT2D eigenvalue weighted by atomic mass is 35.5. The lowest BCUT2D eigenvalue weighted by Crippen LogP contribution is -2.43. The summed E-state index contributed by atoms with van der Waals surface area (Å²) in [4.78, 5) is 16.3. The van der Waals surface area contributed by atoms with E-state index in [0.29, 0.717) is 19.4 Å². The van der Waals surface area contributed by atoms with Crippen LogP contribution in [0.25, 0.3) is 0 Å². The Kier molecular flexibility index (Phi) is 7.26. The molecule has 1 N–H and O–H groups in total. The van der Waals surface area contributed by atoms with Gasteiger partial charge in [-0.05, 0) is 31.4 Å². The SMILES string of the molecule is O=C(NCCCn1ccnc1)C1CCN(S(=O)(=O)Cc2c(F)cccc2Cl)CC1. The van der Waals surface area contributed by atoms with Crippen LogP contribution in [-0.2, 0) is 27.1 Å². The minimum atomic E-state index is -3.71. The van der Waals surface area contributed by atoms with Crippen molar-refractivity contribution in [1.29, 1.82) is 0 Å². The molecule has 0 unspecified atom stereocenters. The third kappa shape index (κ3) is 5.77. The van der Waals surface area contributed by atoms with Gasteiger partial charge in [-0.2, -0.15) is 0 Å². The summed E-state index contributed by atoms with van der Waals surface area (Å²) in [6.45, 7) is 1.81. The molecule has 1 aromatic carbocycles. The molecule has 10 heteroatoms. The van der Waals surface area contributed by atoms with Gasteiger partial charge >= 0.3 is 0 Å². The number of hydrogen-bond donors (Lipinski definition) is 1. The molecule has 0 spiro atoms. The van der Waals surface area contributed by atoms with Crippen LogP contribution in [0, 0.1) is 11.7 Å². The van der Waals surface area contributed by atoms with Crippen LogP contribution in [0.1, 0.15) is 24.8 Å². The number of nitrogens with zero attached hydrogens (tertiary/aromatic N) is 3. The Morgan fingerprint density at radius 1 is 1.31 bits per heavy atom. The first-order valence-corrected chi connectivity index (χ1v) is 11.5. The van der Waals surface area contributed by atoms with Crippen LogP contribution in [-0.4, -0.2) is 47.8 Å². The van der Waals surface area contributed by atoms with Gasteiger partial charge in [-0.15, -0.1) is 0 Å². The Bertz CT molecular complexity index is 909. The van der Waals surface area contributed by atoms with E-state index in [2.05, 4.69) is 10.3 Å². The predicted molar refractivity (Wildman–Crippen MR) is 108 cm³/mol. The third-order valence-corrected chi connectivity index (χ3v) is 7.22. The monoisotopic (exact) mass is 442 g/mol. The van der Waals surface area contributed by atoms with Gasteiger partial charge in [0.15, 0.2) is 0 Å². The topological polar surface area (TPSA) is 84.3 Å². The Morgan fingerprint density at radius 3 is 2.72 bits per heavy atom. The van der Waals surface area contributed by atoms with E-state index in [-0.39, 0.29) is 35.5 Å². The second kappa shape index (κ2) is 9.69.